The van der Waals surface area contributed by atoms with Crippen LogP contribution in [-0.2, 0) is 16.8 Å². The number of hydrogen-bond donors (Lipinski definition) is 0. The molecule has 130 valence electrons. The van der Waals surface area contributed by atoms with Gasteiger partial charge in [-0.15, -0.1) is 8.42 Å². The van der Waals surface area contributed by atoms with Crippen LogP contribution in [0.4, 0.5) is 0 Å². The molecule has 0 bridgehead atoms. The largest absolute Gasteiger partial charge is 0.501 e. The quantitative estimate of drug-likeness (QED) is 0.522. The predicted molar refractivity (Wildman–Crippen MR) is 92.2 cm³/mol. The Morgan fingerprint density at radius 3 is 2.00 bits per heavy atom. The van der Waals surface area contributed by atoms with E-state index in [1.807, 2.05) is 6.07 Å². The summed E-state index contributed by atoms with van der Waals surface area (Å²) in [6, 6.07) is 5.36. The maximum atomic E-state index is 11.2. The Bertz CT molecular complexity index is 581. The van der Waals surface area contributed by atoms with Crippen LogP contribution in [0.25, 0.3) is 0 Å². The van der Waals surface area contributed by atoms with Gasteiger partial charge in [0.1, 0.15) is 0 Å². The fourth-order valence-electron chi connectivity index (χ4n) is 2.90. The molecule has 1 aromatic carbocycles. The van der Waals surface area contributed by atoms with Crippen LogP contribution in [0.5, 0.6) is 11.5 Å². The van der Waals surface area contributed by atoms with Crippen LogP contribution in [0.15, 0.2) is 18.2 Å². The molecule has 23 heavy (non-hydrogen) atoms. The summed E-state index contributed by atoms with van der Waals surface area (Å²) in [7, 11) is -3.87. The molecule has 0 atom stereocenters. The van der Waals surface area contributed by atoms with Crippen LogP contribution in [0, 0.1) is 0 Å². The van der Waals surface area contributed by atoms with Crippen molar-refractivity contribution in [2.75, 3.05) is 0 Å². The lowest BCUT2D eigenvalue weighted by atomic mass is 10.0. The van der Waals surface area contributed by atoms with E-state index in [0.717, 1.165) is 18.4 Å². The zero-order chi connectivity index (χ0) is 16.5. The highest BCUT2D eigenvalue weighted by Gasteiger charge is 2.28. The van der Waals surface area contributed by atoms with Crippen LogP contribution in [-0.4, -0.2) is 8.42 Å². The first-order valence-electron chi connectivity index (χ1n) is 8.87. The van der Waals surface area contributed by atoms with Crippen molar-refractivity contribution in [1.82, 2.24) is 0 Å². The molecule has 0 spiro atoms. The number of rotatable bonds is 11. The fourth-order valence-corrected chi connectivity index (χ4v) is 3.64. The number of benzene rings is 1. The number of aryl methyl sites for hydroxylation is 1. The normalized spacial score (nSPS) is 15.0. The molecule has 1 aliphatic rings. The van der Waals surface area contributed by atoms with Crippen LogP contribution in [0.1, 0.15) is 76.7 Å². The summed E-state index contributed by atoms with van der Waals surface area (Å²) in [5.74, 6) is 0.603. The van der Waals surface area contributed by atoms with Gasteiger partial charge >= 0.3 is 10.4 Å². The SMILES string of the molecule is CCCCCCCCCCCCc1ccc2c(c1)OS(=O)(=O)O2. The van der Waals surface area contributed by atoms with E-state index in [1.54, 1.807) is 12.1 Å². The van der Waals surface area contributed by atoms with Gasteiger partial charge in [-0.2, -0.15) is 0 Å². The van der Waals surface area contributed by atoms with Gasteiger partial charge in [0.05, 0.1) is 0 Å². The minimum Gasteiger partial charge on any atom is -0.349 e. The van der Waals surface area contributed by atoms with Gasteiger partial charge in [-0.05, 0) is 30.5 Å². The van der Waals surface area contributed by atoms with Gasteiger partial charge in [-0.25, -0.2) is 0 Å². The fraction of sp³-hybridized carbons (Fsp3) is 0.667. The van der Waals surface area contributed by atoms with E-state index in [-0.39, 0.29) is 5.75 Å². The van der Waals surface area contributed by atoms with E-state index in [9.17, 15) is 8.42 Å². The maximum Gasteiger partial charge on any atom is 0.501 e. The van der Waals surface area contributed by atoms with E-state index in [2.05, 4.69) is 6.92 Å². The average Bonchev–Trinajstić information content (AvgIpc) is 2.82. The molecule has 2 rings (SSSR count). The molecule has 0 aromatic heterocycles. The third-order valence-electron chi connectivity index (χ3n) is 4.21. The van der Waals surface area contributed by atoms with Gasteiger partial charge < -0.3 is 8.37 Å². The molecule has 4 nitrogen and oxygen atoms in total. The molecular weight excluding hydrogens is 312 g/mol. The molecule has 0 radical (unpaired) electrons. The van der Waals surface area contributed by atoms with Crippen molar-refractivity contribution in [2.24, 2.45) is 0 Å². The summed E-state index contributed by atoms with van der Waals surface area (Å²) in [5, 5.41) is 0. The highest BCUT2D eigenvalue weighted by Crippen LogP contribution is 2.36. The molecule has 0 saturated carbocycles. The summed E-state index contributed by atoms with van der Waals surface area (Å²) in [4.78, 5) is 0. The smallest absolute Gasteiger partial charge is 0.349 e. The maximum absolute atomic E-state index is 11.2. The molecule has 1 aromatic rings. The van der Waals surface area contributed by atoms with Gasteiger partial charge in [0.25, 0.3) is 0 Å². The zero-order valence-corrected chi connectivity index (χ0v) is 14.9. The molecule has 5 heteroatoms. The number of unbranched alkanes of at least 4 members (excludes halogenated alkanes) is 9. The van der Waals surface area contributed by atoms with Gasteiger partial charge in [0.2, 0.25) is 0 Å². The second-order valence-corrected chi connectivity index (χ2v) is 7.44. The lowest BCUT2D eigenvalue weighted by molar-refractivity contribution is 0.436. The van der Waals surface area contributed by atoms with Gasteiger partial charge in [-0.1, -0.05) is 70.8 Å². The van der Waals surface area contributed by atoms with Gasteiger partial charge in [0.15, 0.2) is 11.5 Å². The van der Waals surface area contributed by atoms with Crippen molar-refractivity contribution in [1.29, 1.82) is 0 Å². The second kappa shape index (κ2) is 9.16. The van der Waals surface area contributed by atoms with Crippen molar-refractivity contribution < 1.29 is 16.8 Å². The molecule has 0 unspecified atom stereocenters. The Balaban J connectivity index is 1.56. The summed E-state index contributed by atoms with van der Waals surface area (Å²) < 4.78 is 31.9. The van der Waals surface area contributed by atoms with Gasteiger partial charge in [-0.3, -0.25) is 0 Å². The Morgan fingerprint density at radius 2 is 1.35 bits per heavy atom. The van der Waals surface area contributed by atoms with E-state index < -0.39 is 10.4 Å². The number of hydrogen-bond acceptors (Lipinski definition) is 4. The van der Waals surface area contributed by atoms with Crippen molar-refractivity contribution >= 4 is 10.4 Å². The van der Waals surface area contributed by atoms with E-state index in [1.165, 1.54) is 57.8 Å². The van der Waals surface area contributed by atoms with Crippen LogP contribution >= 0.6 is 0 Å². The molecule has 1 heterocycles. The monoisotopic (exact) mass is 340 g/mol. The predicted octanol–water partition coefficient (Wildman–Crippen LogP) is 5.17. The third kappa shape index (κ3) is 6.42. The minimum absolute atomic E-state index is 0.289. The van der Waals surface area contributed by atoms with Crippen molar-refractivity contribution in [3.8, 4) is 11.5 Å². The van der Waals surface area contributed by atoms with Crippen LogP contribution < -0.4 is 8.37 Å². The third-order valence-corrected chi connectivity index (χ3v) is 4.98. The Kier molecular flexibility index (Phi) is 7.21. The summed E-state index contributed by atoms with van der Waals surface area (Å²) >= 11 is 0. The minimum atomic E-state index is -3.87. The summed E-state index contributed by atoms with van der Waals surface area (Å²) in [6.45, 7) is 2.25. The molecule has 0 fully saturated rings. The summed E-state index contributed by atoms with van der Waals surface area (Å²) in [5.41, 5.74) is 1.10. The van der Waals surface area contributed by atoms with Gasteiger partial charge in [0, 0.05) is 0 Å². The second-order valence-electron chi connectivity index (χ2n) is 6.29. The highest BCUT2D eigenvalue weighted by molar-refractivity contribution is 7.82. The van der Waals surface area contributed by atoms with E-state index in [0.29, 0.717) is 5.75 Å². The molecular formula is C18H28O4S. The van der Waals surface area contributed by atoms with Crippen molar-refractivity contribution in [3.05, 3.63) is 23.8 Å². The average molecular weight is 340 g/mol. The number of fused-ring (bicyclic) bond motifs is 1. The molecule has 0 N–H and O–H groups in total. The highest BCUT2D eigenvalue weighted by atomic mass is 32.3. The first-order valence-corrected chi connectivity index (χ1v) is 10.2. The van der Waals surface area contributed by atoms with Crippen molar-refractivity contribution in [2.45, 2.75) is 77.6 Å². The molecule has 0 saturated heterocycles. The molecule has 1 aliphatic heterocycles. The lowest BCUT2D eigenvalue weighted by Crippen LogP contribution is -2.07. The zero-order valence-electron chi connectivity index (χ0n) is 14.1. The molecule has 0 amide bonds. The standard InChI is InChI=1S/C18H28O4S/c1-2-3-4-5-6-7-8-9-10-11-12-16-13-14-17-18(15-16)22-23(19,20)21-17/h13-15H,2-12H2,1H3. The lowest BCUT2D eigenvalue weighted by Gasteiger charge is -2.03. The molecule has 0 aliphatic carbocycles. The first-order chi connectivity index (χ1) is 11.1. The van der Waals surface area contributed by atoms with Crippen molar-refractivity contribution in [3.63, 3.8) is 0 Å². The Hall–Kier alpha value is -1.23. The van der Waals surface area contributed by atoms with E-state index in [4.69, 9.17) is 8.37 Å². The topological polar surface area (TPSA) is 52.6 Å². The Labute approximate surface area is 140 Å². The Morgan fingerprint density at radius 1 is 0.783 bits per heavy atom. The summed E-state index contributed by atoms with van der Waals surface area (Å²) in [6.07, 6.45) is 14.1. The van der Waals surface area contributed by atoms with E-state index >= 15 is 0 Å². The van der Waals surface area contributed by atoms with Crippen LogP contribution in [0.3, 0.4) is 0 Å². The van der Waals surface area contributed by atoms with Crippen LogP contribution in [0.2, 0.25) is 0 Å². The first kappa shape index (κ1) is 18.1.